The van der Waals surface area contributed by atoms with Gasteiger partial charge in [-0.3, -0.25) is 0 Å². The summed E-state index contributed by atoms with van der Waals surface area (Å²) in [7, 11) is 0. The van der Waals surface area contributed by atoms with Crippen molar-refractivity contribution >= 4 is 0 Å². The molecule has 0 saturated heterocycles. The highest BCUT2D eigenvalue weighted by atomic mass is 14.9. The first kappa shape index (κ1) is 13.9. The van der Waals surface area contributed by atoms with E-state index in [4.69, 9.17) is 0 Å². The zero-order chi connectivity index (χ0) is 13.2. The van der Waals surface area contributed by atoms with Crippen LogP contribution in [0.1, 0.15) is 71.6 Å². The second-order valence-electron chi connectivity index (χ2n) is 7.68. The summed E-state index contributed by atoms with van der Waals surface area (Å²) in [4.78, 5) is 0. The minimum atomic E-state index is 0.839. The van der Waals surface area contributed by atoms with E-state index in [0.717, 1.165) is 35.6 Å². The molecule has 0 aromatic rings. The van der Waals surface area contributed by atoms with E-state index in [0.29, 0.717) is 0 Å². The first-order valence-electron chi connectivity index (χ1n) is 9.03. The second-order valence-corrected chi connectivity index (χ2v) is 7.68. The summed E-state index contributed by atoms with van der Waals surface area (Å²) in [6, 6.07) is 0.839. The Hall–Kier alpha value is -0.0400. The average molecular weight is 263 g/mol. The van der Waals surface area contributed by atoms with Crippen molar-refractivity contribution in [1.82, 2.24) is 5.32 Å². The Kier molecular flexibility index (Phi) is 4.51. The van der Waals surface area contributed by atoms with Gasteiger partial charge in [-0.25, -0.2) is 0 Å². The van der Waals surface area contributed by atoms with Gasteiger partial charge in [0, 0.05) is 6.04 Å². The van der Waals surface area contributed by atoms with Crippen LogP contribution in [0.4, 0.5) is 0 Å². The molecular weight excluding hydrogens is 230 g/mol. The van der Waals surface area contributed by atoms with E-state index < -0.39 is 0 Å². The van der Waals surface area contributed by atoms with Gasteiger partial charge in [0.05, 0.1) is 0 Å². The van der Waals surface area contributed by atoms with E-state index in [1.807, 2.05) is 0 Å². The van der Waals surface area contributed by atoms with Crippen molar-refractivity contribution in [3.63, 3.8) is 0 Å². The van der Waals surface area contributed by atoms with Crippen molar-refractivity contribution in [1.29, 1.82) is 0 Å². The average Bonchev–Trinajstić information content (AvgIpc) is 3.14. The van der Waals surface area contributed by atoms with Gasteiger partial charge < -0.3 is 5.32 Å². The van der Waals surface area contributed by atoms with Gasteiger partial charge >= 0.3 is 0 Å². The Labute approximate surface area is 119 Å². The third kappa shape index (κ3) is 3.01. The molecule has 3 aliphatic carbocycles. The molecule has 1 nitrogen and oxygen atoms in total. The maximum atomic E-state index is 3.86. The summed E-state index contributed by atoms with van der Waals surface area (Å²) in [6.07, 6.45) is 13.7. The SMILES string of the molecule is CCNC(CC1CC2CCC1C2)C1CCC(CC)C1. The van der Waals surface area contributed by atoms with Crippen LogP contribution in [0.25, 0.3) is 0 Å². The molecule has 0 spiro atoms. The lowest BCUT2D eigenvalue weighted by Crippen LogP contribution is -2.37. The van der Waals surface area contributed by atoms with Gasteiger partial charge in [0.1, 0.15) is 0 Å². The number of nitrogens with one attached hydrogen (secondary N) is 1. The molecule has 0 aromatic carbocycles. The van der Waals surface area contributed by atoms with Crippen molar-refractivity contribution in [2.45, 2.75) is 77.7 Å². The standard InChI is InChI=1S/C18H33N/c1-3-13-5-8-16(9-13)18(19-4-2)12-17-11-14-6-7-15(17)10-14/h13-19H,3-12H2,1-2H3. The zero-order valence-corrected chi connectivity index (χ0v) is 13.0. The Balaban J connectivity index is 1.55. The minimum Gasteiger partial charge on any atom is -0.314 e. The minimum absolute atomic E-state index is 0.839. The van der Waals surface area contributed by atoms with Crippen LogP contribution in [0, 0.1) is 29.6 Å². The van der Waals surface area contributed by atoms with Gasteiger partial charge in [0.15, 0.2) is 0 Å². The topological polar surface area (TPSA) is 12.0 Å². The van der Waals surface area contributed by atoms with Crippen molar-refractivity contribution in [2.24, 2.45) is 29.6 Å². The fraction of sp³-hybridized carbons (Fsp3) is 1.00. The van der Waals surface area contributed by atoms with E-state index in [-0.39, 0.29) is 0 Å². The van der Waals surface area contributed by atoms with Crippen LogP contribution in [-0.2, 0) is 0 Å². The Morgan fingerprint density at radius 3 is 2.47 bits per heavy atom. The van der Waals surface area contributed by atoms with Crippen LogP contribution in [0.2, 0.25) is 0 Å². The molecule has 110 valence electrons. The first-order chi connectivity index (χ1) is 9.30. The molecular formula is C18H33N. The Bertz CT molecular complexity index is 287. The van der Waals surface area contributed by atoms with Crippen LogP contribution in [0.15, 0.2) is 0 Å². The van der Waals surface area contributed by atoms with E-state index in [9.17, 15) is 0 Å². The molecule has 0 heterocycles. The predicted molar refractivity (Wildman–Crippen MR) is 82.1 cm³/mol. The summed E-state index contributed by atoms with van der Waals surface area (Å²) < 4.78 is 0. The molecule has 19 heavy (non-hydrogen) atoms. The number of fused-ring (bicyclic) bond motifs is 2. The fourth-order valence-corrected chi connectivity index (χ4v) is 5.55. The van der Waals surface area contributed by atoms with Crippen molar-refractivity contribution in [3.8, 4) is 0 Å². The van der Waals surface area contributed by atoms with Crippen molar-refractivity contribution < 1.29 is 0 Å². The first-order valence-corrected chi connectivity index (χ1v) is 9.03. The van der Waals surface area contributed by atoms with Gasteiger partial charge in [0.25, 0.3) is 0 Å². The molecule has 0 amide bonds. The number of hydrogen-bond acceptors (Lipinski definition) is 1. The van der Waals surface area contributed by atoms with Crippen molar-refractivity contribution in [3.05, 3.63) is 0 Å². The quantitative estimate of drug-likeness (QED) is 0.737. The monoisotopic (exact) mass is 263 g/mol. The molecule has 3 rings (SSSR count). The predicted octanol–water partition coefficient (Wildman–Crippen LogP) is 4.62. The molecule has 1 N–H and O–H groups in total. The fourth-order valence-electron chi connectivity index (χ4n) is 5.55. The third-order valence-electron chi connectivity index (χ3n) is 6.64. The third-order valence-corrected chi connectivity index (χ3v) is 6.64. The molecule has 3 fully saturated rings. The highest BCUT2D eigenvalue weighted by Gasteiger charge is 2.41. The maximum absolute atomic E-state index is 3.86. The van der Waals surface area contributed by atoms with Crippen molar-refractivity contribution in [2.75, 3.05) is 6.54 Å². The smallest absolute Gasteiger partial charge is 0.00980 e. The van der Waals surface area contributed by atoms with E-state index in [1.54, 1.807) is 25.7 Å². The van der Waals surface area contributed by atoms with E-state index >= 15 is 0 Å². The lowest BCUT2D eigenvalue weighted by atomic mass is 9.80. The van der Waals surface area contributed by atoms with Gasteiger partial charge in [-0.15, -0.1) is 0 Å². The normalized spacial score (nSPS) is 42.9. The summed E-state index contributed by atoms with van der Waals surface area (Å²) in [5.41, 5.74) is 0. The zero-order valence-electron chi connectivity index (χ0n) is 13.0. The lowest BCUT2D eigenvalue weighted by molar-refractivity contribution is 0.236. The van der Waals surface area contributed by atoms with Crippen LogP contribution >= 0.6 is 0 Å². The molecule has 0 aliphatic heterocycles. The summed E-state index contributed by atoms with van der Waals surface area (Å²) in [5, 5.41) is 3.86. The Morgan fingerprint density at radius 1 is 1.00 bits per heavy atom. The van der Waals surface area contributed by atoms with E-state index in [2.05, 4.69) is 19.2 Å². The van der Waals surface area contributed by atoms with Gasteiger partial charge in [-0.2, -0.15) is 0 Å². The highest BCUT2D eigenvalue weighted by Crippen LogP contribution is 2.50. The van der Waals surface area contributed by atoms with Crippen LogP contribution in [0.5, 0.6) is 0 Å². The summed E-state index contributed by atoms with van der Waals surface area (Å²) in [5.74, 6) is 5.32. The number of rotatable bonds is 6. The lowest BCUT2D eigenvalue weighted by Gasteiger charge is -2.31. The molecule has 0 aromatic heterocycles. The van der Waals surface area contributed by atoms with Gasteiger partial charge in [-0.1, -0.05) is 33.1 Å². The number of hydrogen-bond donors (Lipinski definition) is 1. The largest absolute Gasteiger partial charge is 0.314 e. The van der Waals surface area contributed by atoms with Crippen LogP contribution < -0.4 is 5.32 Å². The molecule has 3 aliphatic rings. The molecule has 0 radical (unpaired) electrons. The van der Waals surface area contributed by atoms with Gasteiger partial charge in [0.2, 0.25) is 0 Å². The van der Waals surface area contributed by atoms with Crippen LogP contribution in [0.3, 0.4) is 0 Å². The van der Waals surface area contributed by atoms with Gasteiger partial charge in [-0.05, 0) is 74.7 Å². The summed E-state index contributed by atoms with van der Waals surface area (Å²) >= 11 is 0. The second kappa shape index (κ2) is 6.16. The highest BCUT2D eigenvalue weighted by molar-refractivity contribution is 4.94. The maximum Gasteiger partial charge on any atom is 0.00980 e. The van der Waals surface area contributed by atoms with Crippen LogP contribution in [-0.4, -0.2) is 12.6 Å². The molecule has 2 bridgehead atoms. The van der Waals surface area contributed by atoms with E-state index in [1.165, 1.54) is 38.6 Å². The molecule has 3 saturated carbocycles. The summed E-state index contributed by atoms with van der Waals surface area (Å²) in [6.45, 7) is 5.84. The Morgan fingerprint density at radius 2 is 1.89 bits per heavy atom. The molecule has 6 unspecified atom stereocenters. The molecule has 1 heteroatoms. The molecule has 6 atom stereocenters.